The second kappa shape index (κ2) is 17.7. The number of phenolic OH excluding ortho intramolecular Hbond substituents is 2. The van der Waals surface area contributed by atoms with E-state index in [4.69, 9.17) is 5.73 Å². The summed E-state index contributed by atoms with van der Waals surface area (Å²) < 4.78 is 176. The number of nitrogens with two attached hydrogens (primary N) is 1. The number of hydrogen-bond donors (Lipinski definition) is 9. The fourth-order valence-corrected chi connectivity index (χ4v) is 9.70. The molecule has 0 atom stereocenters. The minimum Gasteiger partial charge on any atom is -0.505 e. The van der Waals surface area contributed by atoms with Gasteiger partial charge in [-0.25, -0.2) is 4.79 Å². The number of nitrogen functional groups attached to an aromatic ring is 1. The van der Waals surface area contributed by atoms with Crippen molar-refractivity contribution in [3.05, 3.63) is 92.5 Å². The summed E-state index contributed by atoms with van der Waals surface area (Å²) in [6.45, 7) is 0. The van der Waals surface area contributed by atoms with Gasteiger partial charge in [0.1, 0.15) is 58.6 Å². The first kappa shape index (κ1) is 51.3. The third-order valence-electron chi connectivity index (χ3n) is 9.21. The van der Waals surface area contributed by atoms with E-state index in [0.717, 1.165) is 18.2 Å². The highest BCUT2D eigenvalue weighted by Crippen LogP contribution is 2.50. The van der Waals surface area contributed by atoms with Gasteiger partial charge in [0.05, 0.1) is 26.5 Å². The van der Waals surface area contributed by atoms with E-state index < -0.39 is 181 Å². The molecule has 6 aromatic rings. The molecular weight excluding hydrogens is 1050 g/mol. The molecule has 10 N–H and O–H groups in total. The van der Waals surface area contributed by atoms with Crippen molar-refractivity contribution in [3.8, 4) is 11.5 Å². The predicted molar refractivity (Wildman–Crippen MR) is 230 cm³/mol. The Bertz CT molecular complexity index is 4050. The van der Waals surface area contributed by atoms with Crippen LogP contribution in [0.3, 0.4) is 0 Å². The summed E-state index contributed by atoms with van der Waals surface area (Å²) in [6, 6.07) is 5.94. The van der Waals surface area contributed by atoms with Gasteiger partial charge in [0.25, 0.3) is 62.0 Å². The van der Waals surface area contributed by atoms with Gasteiger partial charge in [0.2, 0.25) is 0 Å². The average Bonchev–Trinajstić information content (AvgIpc) is 3.22. The highest BCUT2D eigenvalue weighted by Gasteiger charge is 2.31. The Morgan fingerprint density at radius 1 is 0.486 bits per heavy atom. The van der Waals surface area contributed by atoms with Crippen LogP contribution in [0.4, 0.5) is 51.2 Å². The maximum absolute atomic E-state index is 12.9. The standard InChI is InChI=1S/C33H21N9O23S5/c34-27-21(11-22(66(51,52)53)17-10-25(69(60,61)62)29(31(44)26(17)27)40-36-19-5-2-13(42(49)50)8-23(19)67(54,55)56)38-37-20-6-3-14-15(32(20)70(63,64)65)9-24(68(57,58)59)28(30(14)43)39-35-18-4-1-12(41(47)48)7-16(18)33(45)46/h1-11,43-44H,34H2,(H,45,46)(H,51,52,53)(H,54,55,56)(H,57,58,59)(H,60,61,62)(H,63,64,65). The number of nitro groups is 2. The highest BCUT2D eigenvalue weighted by molar-refractivity contribution is 7.87. The van der Waals surface area contributed by atoms with Gasteiger partial charge in [0.15, 0.2) is 11.5 Å². The van der Waals surface area contributed by atoms with Crippen LogP contribution in [-0.4, -0.2) is 96.0 Å². The van der Waals surface area contributed by atoms with Crippen LogP contribution in [0.15, 0.2) is 122 Å². The molecule has 0 bridgehead atoms. The number of fused-ring (bicyclic) bond motifs is 2. The van der Waals surface area contributed by atoms with Crippen LogP contribution in [0.25, 0.3) is 21.5 Å². The summed E-state index contributed by atoms with van der Waals surface area (Å²) >= 11 is 0. The summed E-state index contributed by atoms with van der Waals surface area (Å²) in [5, 5.41) is 71.6. The zero-order valence-corrected chi connectivity index (χ0v) is 37.3. The number of carbonyl (C=O) groups is 1. The van der Waals surface area contributed by atoms with E-state index in [1.807, 2.05) is 0 Å². The van der Waals surface area contributed by atoms with E-state index in [1.54, 1.807) is 0 Å². The largest absolute Gasteiger partial charge is 0.505 e. The summed E-state index contributed by atoms with van der Waals surface area (Å²) in [4.78, 5) is 25.0. The molecule has 0 saturated carbocycles. The van der Waals surface area contributed by atoms with Crippen LogP contribution >= 0.6 is 0 Å². The minimum absolute atomic E-state index is 0.253. The number of carboxylic acids is 1. The maximum atomic E-state index is 12.9. The van der Waals surface area contributed by atoms with E-state index in [0.29, 0.717) is 42.5 Å². The van der Waals surface area contributed by atoms with Crippen molar-refractivity contribution in [2.24, 2.45) is 30.7 Å². The number of nitrogens with zero attached hydrogens (tertiary/aromatic N) is 8. The number of rotatable bonds is 14. The third kappa shape index (κ3) is 10.0. The van der Waals surface area contributed by atoms with Gasteiger partial charge in [0, 0.05) is 40.4 Å². The van der Waals surface area contributed by atoms with Gasteiger partial charge in [-0.2, -0.15) is 42.1 Å². The molecule has 0 unspecified atom stereocenters. The minimum atomic E-state index is -5.71. The van der Waals surface area contributed by atoms with Gasteiger partial charge < -0.3 is 21.1 Å². The first-order chi connectivity index (χ1) is 32.1. The van der Waals surface area contributed by atoms with E-state index in [2.05, 4.69) is 30.7 Å². The van der Waals surface area contributed by atoms with Gasteiger partial charge in [-0.1, -0.05) is 0 Å². The number of aromatic hydroxyl groups is 2. The Hall–Kier alpha value is -8.14. The van der Waals surface area contributed by atoms with Crippen LogP contribution in [0.2, 0.25) is 0 Å². The molecule has 0 aliphatic carbocycles. The first-order valence-electron chi connectivity index (χ1n) is 17.5. The molecular formula is C33H21N9O23S5. The number of anilines is 1. The third-order valence-corrected chi connectivity index (χ3v) is 13.7. The maximum Gasteiger partial charge on any atom is 0.338 e. The lowest BCUT2D eigenvalue weighted by Gasteiger charge is -2.15. The Labute approximate surface area is 387 Å². The summed E-state index contributed by atoms with van der Waals surface area (Å²) in [6.07, 6.45) is 0. The fourth-order valence-electron chi connectivity index (χ4n) is 6.24. The molecule has 366 valence electrons. The number of carboxylic acid groups (broad SMARTS) is 1. The molecule has 0 heterocycles. The van der Waals surface area contributed by atoms with E-state index in [9.17, 15) is 105 Å². The Morgan fingerprint density at radius 3 is 1.43 bits per heavy atom. The molecule has 37 heteroatoms. The van der Waals surface area contributed by atoms with Crippen LogP contribution < -0.4 is 5.73 Å². The van der Waals surface area contributed by atoms with Gasteiger partial charge >= 0.3 is 5.97 Å². The quantitative estimate of drug-likeness (QED) is 0.0199. The molecule has 0 aliphatic heterocycles. The average molecular weight is 1070 g/mol. The monoisotopic (exact) mass is 1070 g/mol. The topological polar surface area (TPSA) is 536 Å². The van der Waals surface area contributed by atoms with Crippen LogP contribution in [0.5, 0.6) is 11.5 Å². The predicted octanol–water partition coefficient (Wildman–Crippen LogP) is 5.98. The van der Waals surface area contributed by atoms with Crippen molar-refractivity contribution >= 4 is 129 Å². The van der Waals surface area contributed by atoms with Gasteiger partial charge in [-0.15, -0.1) is 30.7 Å². The van der Waals surface area contributed by atoms with Crippen LogP contribution in [-0.2, 0) is 50.6 Å². The van der Waals surface area contributed by atoms with Crippen molar-refractivity contribution in [1.82, 2.24) is 0 Å². The normalized spacial score (nSPS) is 13.0. The molecule has 6 rings (SSSR count). The molecule has 0 saturated heterocycles. The van der Waals surface area contributed by atoms with E-state index in [1.165, 1.54) is 0 Å². The van der Waals surface area contributed by atoms with Crippen molar-refractivity contribution in [2.75, 3.05) is 5.73 Å². The molecule has 0 fully saturated rings. The van der Waals surface area contributed by atoms with Crippen LogP contribution in [0, 0.1) is 20.2 Å². The lowest BCUT2D eigenvalue weighted by atomic mass is 10.0. The number of hydrogen-bond acceptors (Lipinski definition) is 24. The summed E-state index contributed by atoms with van der Waals surface area (Å²) in [7, 11) is -28.0. The van der Waals surface area contributed by atoms with Crippen molar-refractivity contribution < 1.29 is 94.8 Å². The summed E-state index contributed by atoms with van der Waals surface area (Å²) in [5.41, 5.74) is -3.51. The molecule has 6 aromatic carbocycles. The van der Waals surface area contributed by atoms with Crippen LogP contribution in [0.1, 0.15) is 10.4 Å². The molecule has 0 amide bonds. The number of azo groups is 3. The highest BCUT2D eigenvalue weighted by atomic mass is 32.2. The number of non-ortho nitro benzene ring substituents is 2. The summed E-state index contributed by atoms with van der Waals surface area (Å²) in [5.74, 6) is -4.67. The Morgan fingerprint density at radius 2 is 0.929 bits per heavy atom. The van der Waals surface area contributed by atoms with Crippen molar-refractivity contribution in [2.45, 2.75) is 24.5 Å². The zero-order chi connectivity index (χ0) is 52.4. The molecule has 0 aliphatic rings. The fraction of sp³-hybridized carbons (Fsp3) is 0. The van der Waals surface area contributed by atoms with Gasteiger partial charge in [-0.05, 0) is 42.5 Å². The van der Waals surface area contributed by atoms with Gasteiger partial charge in [-0.3, -0.25) is 43.0 Å². The smallest absolute Gasteiger partial charge is 0.338 e. The zero-order valence-electron chi connectivity index (χ0n) is 33.2. The second-order valence-electron chi connectivity index (χ2n) is 13.5. The van der Waals surface area contributed by atoms with Crippen molar-refractivity contribution in [1.29, 1.82) is 0 Å². The molecule has 70 heavy (non-hydrogen) atoms. The number of aromatic carboxylic acids is 1. The Balaban J connectivity index is 1.60. The SMILES string of the molecule is Nc1c(N=Nc2ccc3c(O)c(N=Nc4ccc([N+](=O)[O-])cc4C(=O)O)c(S(=O)(=O)O)cc3c2S(=O)(=O)O)cc(S(=O)(=O)O)c2cc(S(=O)(=O)O)c(N=Nc3ccc([N+](=O)[O-])cc3S(=O)(=O)O)c(O)c12. The molecule has 32 nitrogen and oxygen atoms in total. The number of benzene rings is 6. The molecule has 0 spiro atoms. The number of phenols is 2. The molecule has 0 aromatic heterocycles. The lowest BCUT2D eigenvalue weighted by Crippen LogP contribution is -2.04. The lowest BCUT2D eigenvalue weighted by molar-refractivity contribution is -0.385. The second-order valence-corrected chi connectivity index (χ2v) is 20.4. The Kier molecular flexibility index (Phi) is 13.0. The van der Waals surface area contributed by atoms with E-state index in [-0.39, 0.29) is 6.07 Å². The molecule has 0 radical (unpaired) electrons. The first-order valence-corrected chi connectivity index (χ1v) is 24.7. The number of nitro benzene ring substituents is 2. The van der Waals surface area contributed by atoms with E-state index >= 15 is 0 Å². The van der Waals surface area contributed by atoms with Crippen molar-refractivity contribution in [3.63, 3.8) is 0 Å².